The summed E-state index contributed by atoms with van der Waals surface area (Å²) in [7, 11) is 0. The van der Waals surface area contributed by atoms with Gasteiger partial charge in [-0.15, -0.1) is 10.2 Å². The van der Waals surface area contributed by atoms with Crippen LogP contribution in [-0.4, -0.2) is 45.2 Å². The van der Waals surface area contributed by atoms with Crippen molar-refractivity contribution in [3.8, 4) is 0 Å². The predicted octanol–water partition coefficient (Wildman–Crippen LogP) is -0.525. The fourth-order valence-electron chi connectivity index (χ4n) is 2.09. The van der Waals surface area contributed by atoms with Gasteiger partial charge in [0.2, 0.25) is 5.91 Å². The van der Waals surface area contributed by atoms with Crippen molar-refractivity contribution in [2.45, 2.75) is 19.4 Å². The zero-order valence-electron chi connectivity index (χ0n) is 9.25. The molecule has 88 valence electrons. The number of likely N-dealkylation sites (tertiary alicyclic amines) is 1. The molecule has 0 bridgehead atoms. The number of hydrogen-bond acceptors (Lipinski definition) is 4. The first-order valence-corrected chi connectivity index (χ1v) is 5.60. The number of nitrogens with two attached hydrogens (primary N) is 1. The fourth-order valence-corrected chi connectivity index (χ4v) is 2.09. The molecule has 0 spiro atoms. The van der Waals surface area contributed by atoms with Crippen molar-refractivity contribution in [3.05, 3.63) is 12.7 Å². The number of nitrogens with zero attached hydrogens (tertiary/aromatic N) is 4. The third kappa shape index (κ3) is 2.79. The minimum absolute atomic E-state index is 0.0228. The number of aromatic nitrogens is 3. The summed E-state index contributed by atoms with van der Waals surface area (Å²) in [4.78, 5) is 13.4. The van der Waals surface area contributed by atoms with Crippen LogP contribution in [0.5, 0.6) is 0 Å². The number of piperidine rings is 1. The fraction of sp³-hybridized carbons (Fsp3) is 0.700. The smallest absolute Gasteiger partial charge is 0.221 e. The monoisotopic (exact) mass is 223 g/mol. The average molecular weight is 223 g/mol. The van der Waals surface area contributed by atoms with Gasteiger partial charge in [0.15, 0.2) is 0 Å². The van der Waals surface area contributed by atoms with Crippen LogP contribution in [0.4, 0.5) is 0 Å². The Kier molecular flexibility index (Phi) is 3.51. The molecule has 1 aromatic heterocycles. The van der Waals surface area contributed by atoms with Gasteiger partial charge in [0.25, 0.3) is 0 Å². The third-order valence-electron chi connectivity index (χ3n) is 3.05. The van der Waals surface area contributed by atoms with E-state index < -0.39 is 0 Å². The Hall–Kier alpha value is -1.43. The molecule has 6 heteroatoms. The highest BCUT2D eigenvalue weighted by atomic mass is 16.1. The van der Waals surface area contributed by atoms with E-state index in [2.05, 4.69) is 15.1 Å². The van der Waals surface area contributed by atoms with E-state index >= 15 is 0 Å². The molecule has 0 radical (unpaired) electrons. The van der Waals surface area contributed by atoms with Gasteiger partial charge in [0.1, 0.15) is 12.7 Å². The Morgan fingerprint density at radius 3 is 2.81 bits per heavy atom. The van der Waals surface area contributed by atoms with Crippen molar-refractivity contribution in [3.63, 3.8) is 0 Å². The molecule has 1 saturated heterocycles. The van der Waals surface area contributed by atoms with Gasteiger partial charge >= 0.3 is 0 Å². The number of rotatable bonds is 4. The SMILES string of the molecule is NC(=O)C1CCCN(CCn2cnnc2)C1. The summed E-state index contributed by atoms with van der Waals surface area (Å²) in [5.74, 6) is -0.149. The summed E-state index contributed by atoms with van der Waals surface area (Å²) in [6, 6.07) is 0. The Morgan fingerprint density at radius 2 is 2.12 bits per heavy atom. The Labute approximate surface area is 94.4 Å². The van der Waals surface area contributed by atoms with Gasteiger partial charge in [-0.2, -0.15) is 0 Å². The molecule has 2 rings (SSSR count). The van der Waals surface area contributed by atoms with Crippen LogP contribution < -0.4 is 5.73 Å². The maximum atomic E-state index is 11.1. The lowest BCUT2D eigenvalue weighted by atomic mass is 9.97. The molecule has 1 unspecified atom stereocenters. The van der Waals surface area contributed by atoms with Gasteiger partial charge in [-0.25, -0.2) is 0 Å². The maximum Gasteiger partial charge on any atom is 0.221 e. The molecule has 2 N–H and O–H groups in total. The van der Waals surface area contributed by atoms with Crippen LogP contribution in [0.1, 0.15) is 12.8 Å². The van der Waals surface area contributed by atoms with Gasteiger partial charge in [-0.05, 0) is 19.4 Å². The second-order valence-corrected chi connectivity index (χ2v) is 4.24. The van der Waals surface area contributed by atoms with E-state index in [1.54, 1.807) is 12.7 Å². The highest BCUT2D eigenvalue weighted by molar-refractivity contribution is 5.76. The summed E-state index contributed by atoms with van der Waals surface area (Å²) in [6.07, 6.45) is 5.39. The number of primary amides is 1. The van der Waals surface area contributed by atoms with E-state index in [0.29, 0.717) is 0 Å². The first-order valence-electron chi connectivity index (χ1n) is 5.60. The molecule has 6 nitrogen and oxygen atoms in total. The Bertz CT molecular complexity index is 337. The van der Waals surface area contributed by atoms with E-state index in [9.17, 15) is 4.79 Å². The van der Waals surface area contributed by atoms with Crippen molar-refractivity contribution < 1.29 is 4.79 Å². The molecular weight excluding hydrogens is 206 g/mol. The molecule has 1 aliphatic rings. The summed E-state index contributed by atoms with van der Waals surface area (Å²) in [5.41, 5.74) is 5.33. The quantitative estimate of drug-likeness (QED) is 0.744. The van der Waals surface area contributed by atoms with E-state index in [1.165, 1.54) is 0 Å². The lowest BCUT2D eigenvalue weighted by Gasteiger charge is -2.30. The Morgan fingerprint density at radius 1 is 1.38 bits per heavy atom. The molecule has 16 heavy (non-hydrogen) atoms. The van der Waals surface area contributed by atoms with Crippen LogP contribution in [-0.2, 0) is 11.3 Å². The van der Waals surface area contributed by atoms with Gasteiger partial charge in [-0.3, -0.25) is 4.79 Å². The van der Waals surface area contributed by atoms with Crippen molar-refractivity contribution in [2.24, 2.45) is 11.7 Å². The van der Waals surface area contributed by atoms with Crippen LogP contribution in [0, 0.1) is 5.92 Å². The predicted molar refractivity (Wildman–Crippen MR) is 58.4 cm³/mol. The van der Waals surface area contributed by atoms with Crippen LogP contribution in [0.3, 0.4) is 0 Å². The highest BCUT2D eigenvalue weighted by Crippen LogP contribution is 2.15. The first kappa shape index (κ1) is 11.1. The zero-order chi connectivity index (χ0) is 11.4. The van der Waals surface area contributed by atoms with Gasteiger partial charge in [0.05, 0.1) is 5.92 Å². The highest BCUT2D eigenvalue weighted by Gasteiger charge is 2.23. The normalized spacial score (nSPS) is 22.1. The molecule has 0 saturated carbocycles. The van der Waals surface area contributed by atoms with Crippen molar-refractivity contribution in [2.75, 3.05) is 19.6 Å². The standard InChI is InChI=1S/C10H17N5O/c11-10(16)9-2-1-3-14(6-9)4-5-15-7-12-13-8-15/h7-9H,1-6H2,(H2,11,16). The molecule has 1 atom stereocenters. The lowest BCUT2D eigenvalue weighted by molar-refractivity contribution is -0.123. The van der Waals surface area contributed by atoms with Gasteiger partial charge in [0, 0.05) is 19.6 Å². The minimum atomic E-state index is -0.172. The zero-order valence-corrected chi connectivity index (χ0v) is 9.25. The second-order valence-electron chi connectivity index (χ2n) is 4.24. The van der Waals surface area contributed by atoms with E-state index in [0.717, 1.165) is 39.0 Å². The molecule has 1 fully saturated rings. The average Bonchev–Trinajstić information content (AvgIpc) is 2.79. The Balaban J connectivity index is 1.79. The number of amides is 1. The van der Waals surface area contributed by atoms with E-state index in [1.807, 2.05) is 4.57 Å². The molecule has 0 aliphatic carbocycles. The third-order valence-corrected chi connectivity index (χ3v) is 3.05. The van der Waals surface area contributed by atoms with E-state index in [4.69, 9.17) is 5.73 Å². The summed E-state index contributed by atoms with van der Waals surface area (Å²) >= 11 is 0. The molecule has 1 aromatic rings. The van der Waals surface area contributed by atoms with Crippen molar-refractivity contribution >= 4 is 5.91 Å². The van der Waals surface area contributed by atoms with Crippen molar-refractivity contribution in [1.29, 1.82) is 0 Å². The van der Waals surface area contributed by atoms with Crippen molar-refractivity contribution in [1.82, 2.24) is 19.7 Å². The van der Waals surface area contributed by atoms with Crippen LogP contribution in [0.25, 0.3) is 0 Å². The molecule has 0 aromatic carbocycles. The molecular formula is C10H17N5O. The first-order chi connectivity index (χ1) is 7.75. The summed E-state index contributed by atoms with van der Waals surface area (Å²) in [6.45, 7) is 3.61. The molecule has 1 amide bonds. The van der Waals surface area contributed by atoms with Crippen LogP contribution in [0.2, 0.25) is 0 Å². The van der Waals surface area contributed by atoms with Crippen LogP contribution >= 0.6 is 0 Å². The second kappa shape index (κ2) is 5.07. The lowest BCUT2D eigenvalue weighted by Crippen LogP contribution is -2.42. The van der Waals surface area contributed by atoms with Gasteiger partial charge < -0.3 is 15.2 Å². The largest absolute Gasteiger partial charge is 0.369 e. The summed E-state index contributed by atoms with van der Waals surface area (Å²) < 4.78 is 1.94. The molecule has 2 heterocycles. The van der Waals surface area contributed by atoms with E-state index in [-0.39, 0.29) is 11.8 Å². The number of hydrogen-bond donors (Lipinski definition) is 1. The minimum Gasteiger partial charge on any atom is -0.369 e. The number of carbonyl (C=O) groups excluding carboxylic acids is 1. The number of carbonyl (C=O) groups is 1. The van der Waals surface area contributed by atoms with Crippen LogP contribution in [0.15, 0.2) is 12.7 Å². The molecule has 1 aliphatic heterocycles. The van der Waals surface area contributed by atoms with Gasteiger partial charge in [-0.1, -0.05) is 0 Å². The topological polar surface area (TPSA) is 77.0 Å². The maximum absolute atomic E-state index is 11.1. The summed E-state index contributed by atoms with van der Waals surface area (Å²) in [5, 5.41) is 7.50.